The lowest BCUT2D eigenvalue weighted by Gasteiger charge is -2.42. The Morgan fingerprint density at radius 2 is 1.71 bits per heavy atom. The second-order valence-electron chi connectivity index (χ2n) is 6.68. The standard InChI is InChI=1S/C15H30N2/c1-11-6-5-7-15(13(11)3)16-14-8-9-17(4)10-12(14)2/h11-16H,5-10H2,1-4H3. The van der Waals surface area contributed by atoms with Gasteiger partial charge in [0.05, 0.1) is 0 Å². The third-order valence-electron chi connectivity index (χ3n) is 5.24. The zero-order valence-electron chi connectivity index (χ0n) is 12.1. The molecule has 0 bridgehead atoms. The Hall–Kier alpha value is -0.0800. The van der Waals surface area contributed by atoms with Crippen LogP contribution in [-0.4, -0.2) is 37.1 Å². The van der Waals surface area contributed by atoms with Crippen LogP contribution in [0, 0.1) is 17.8 Å². The van der Waals surface area contributed by atoms with Crippen LogP contribution >= 0.6 is 0 Å². The topological polar surface area (TPSA) is 15.3 Å². The second-order valence-corrected chi connectivity index (χ2v) is 6.68. The zero-order chi connectivity index (χ0) is 12.4. The van der Waals surface area contributed by atoms with Crippen LogP contribution < -0.4 is 5.32 Å². The Morgan fingerprint density at radius 1 is 0.941 bits per heavy atom. The predicted molar refractivity (Wildman–Crippen MR) is 74.2 cm³/mol. The number of nitrogens with one attached hydrogen (secondary N) is 1. The summed E-state index contributed by atoms with van der Waals surface area (Å²) in [5.74, 6) is 2.57. The number of rotatable bonds is 2. The molecule has 2 aliphatic rings. The van der Waals surface area contributed by atoms with Crippen molar-refractivity contribution >= 4 is 0 Å². The summed E-state index contributed by atoms with van der Waals surface area (Å²) in [6.45, 7) is 9.80. The maximum atomic E-state index is 3.98. The molecule has 0 radical (unpaired) electrons. The predicted octanol–water partition coefficient (Wildman–Crippen LogP) is 2.74. The first kappa shape index (κ1) is 13.4. The molecule has 1 saturated heterocycles. The Balaban J connectivity index is 1.87. The summed E-state index contributed by atoms with van der Waals surface area (Å²) >= 11 is 0. The molecule has 1 saturated carbocycles. The Labute approximate surface area is 107 Å². The molecule has 1 aliphatic heterocycles. The van der Waals surface area contributed by atoms with Crippen LogP contribution in [0.4, 0.5) is 0 Å². The lowest BCUT2D eigenvalue weighted by molar-refractivity contribution is 0.130. The highest BCUT2D eigenvalue weighted by molar-refractivity contribution is 4.89. The van der Waals surface area contributed by atoms with E-state index in [9.17, 15) is 0 Å². The van der Waals surface area contributed by atoms with E-state index in [2.05, 4.69) is 38.0 Å². The summed E-state index contributed by atoms with van der Waals surface area (Å²) in [5.41, 5.74) is 0. The molecule has 0 amide bonds. The molecule has 2 nitrogen and oxygen atoms in total. The molecule has 2 heteroatoms. The van der Waals surface area contributed by atoms with Gasteiger partial charge in [0.2, 0.25) is 0 Å². The quantitative estimate of drug-likeness (QED) is 0.796. The smallest absolute Gasteiger partial charge is 0.0120 e. The van der Waals surface area contributed by atoms with Gasteiger partial charge in [0.1, 0.15) is 0 Å². The molecule has 0 spiro atoms. The van der Waals surface area contributed by atoms with Crippen LogP contribution in [0.25, 0.3) is 0 Å². The molecule has 5 unspecified atom stereocenters. The van der Waals surface area contributed by atoms with Crippen molar-refractivity contribution in [1.82, 2.24) is 10.2 Å². The van der Waals surface area contributed by atoms with Gasteiger partial charge < -0.3 is 10.2 Å². The van der Waals surface area contributed by atoms with Crippen molar-refractivity contribution in [2.75, 3.05) is 20.1 Å². The van der Waals surface area contributed by atoms with Crippen LogP contribution in [0.1, 0.15) is 46.5 Å². The van der Waals surface area contributed by atoms with E-state index >= 15 is 0 Å². The van der Waals surface area contributed by atoms with Crippen LogP contribution in [0.3, 0.4) is 0 Å². The van der Waals surface area contributed by atoms with Gasteiger partial charge in [0.25, 0.3) is 0 Å². The molecule has 1 heterocycles. The van der Waals surface area contributed by atoms with Gasteiger partial charge in [-0.2, -0.15) is 0 Å². The van der Waals surface area contributed by atoms with E-state index in [1.807, 2.05) is 0 Å². The van der Waals surface area contributed by atoms with E-state index in [1.165, 1.54) is 38.8 Å². The van der Waals surface area contributed by atoms with E-state index in [4.69, 9.17) is 0 Å². The van der Waals surface area contributed by atoms with Gasteiger partial charge in [0, 0.05) is 18.6 Å². The minimum atomic E-state index is 0.754. The number of hydrogen-bond acceptors (Lipinski definition) is 2. The summed E-state index contributed by atoms with van der Waals surface area (Å²) in [4.78, 5) is 2.47. The van der Waals surface area contributed by atoms with Crippen molar-refractivity contribution in [1.29, 1.82) is 0 Å². The maximum absolute atomic E-state index is 3.98. The maximum Gasteiger partial charge on any atom is 0.0120 e. The summed E-state index contributed by atoms with van der Waals surface area (Å²) in [5, 5.41) is 3.98. The van der Waals surface area contributed by atoms with Crippen molar-refractivity contribution in [3.8, 4) is 0 Å². The molecule has 5 atom stereocenters. The lowest BCUT2D eigenvalue weighted by Crippen LogP contribution is -2.53. The minimum absolute atomic E-state index is 0.754. The fourth-order valence-corrected chi connectivity index (χ4v) is 3.69. The lowest BCUT2D eigenvalue weighted by atomic mass is 9.77. The van der Waals surface area contributed by atoms with E-state index in [0.717, 1.165) is 29.8 Å². The van der Waals surface area contributed by atoms with E-state index in [0.29, 0.717) is 0 Å². The number of likely N-dealkylation sites (tertiary alicyclic amines) is 1. The van der Waals surface area contributed by atoms with E-state index in [1.54, 1.807) is 0 Å². The van der Waals surface area contributed by atoms with Gasteiger partial charge in [-0.3, -0.25) is 0 Å². The molecular formula is C15H30N2. The van der Waals surface area contributed by atoms with Crippen molar-refractivity contribution < 1.29 is 0 Å². The van der Waals surface area contributed by atoms with E-state index in [-0.39, 0.29) is 0 Å². The van der Waals surface area contributed by atoms with Gasteiger partial charge in [-0.1, -0.05) is 33.6 Å². The fraction of sp³-hybridized carbons (Fsp3) is 1.00. The summed E-state index contributed by atoms with van der Waals surface area (Å²) < 4.78 is 0. The van der Waals surface area contributed by atoms with Gasteiger partial charge in [-0.05, 0) is 44.2 Å². The highest BCUT2D eigenvalue weighted by Gasteiger charge is 2.31. The molecule has 2 rings (SSSR count). The average Bonchev–Trinajstić information content (AvgIpc) is 2.28. The van der Waals surface area contributed by atoms with Gasteiger partial charge >= 0.3 is 0 Å². The Bertz CT molecular complexity index is 241. The minimum Gasteiger partial charge on any atom is -0.311 e. The highest BCUT2D eigenvalue weighted by Crippen LogP contribution is 2.30. The zero-order valence-corrected chi connectivity index (χ0v) is 12.1. The van der Waals surface area contributed by atoms with Crippen molar-refractivity contribution in [2.45, 2.75) is 58.5 Å². The molecule has 0 aromatic heterocycles. The highest BCUT2D eigenvalue weighted by atomic mass is 15.1. The van der Waals surface area contributed by atoms with Crippen LogP contribution in [-0.2, 0) is 0 Å². The first-order chi connectivity index (χ1) is 8.08. The second kappa shape index (κ2) is 5.71. The summed E-state index contributed by atoms with van der Waals surface area (Å²) in [6, 6.07) is 1.53. The van der Waals surface area contributed by atoms with Gasteiger partial charge in [0.15, 0.2) is 0 Å². The van der Waals surface area contributed by atoms with Crippen LogP contribution in [0.5, 0.6) is 0 Å². The molecule has 100 valence electrons. The molecular weight excluding hydrogens is 208 g/mol. The Kier molecular flexibility index (Phi) is 4.48. The van der Waals surface area contributed by atoms with Crippen molar-refractivity contribution in [2.24, 2.45) is 17.8 Å². The Morgan fingerprint density at radius 3 is 2.41 bits per heavy atom. The third kappa shape index (κ3) is 3.23. The fourth-order valence-electron chi connectivity index (χ4n) is 3.69. The number of nitrogens with zero attached hydrogens (tertiary/aromatic N) is 1. The van der Waals surface area contributed by atoms with E-state index < -0.39 is 0 Å². The van der Waals surface area contributed by atoms with Gasteiger partial charge in [-0.15, -0.1) is 0 Å². The van der Waals surface area contributed by atoms with Crippen molar-refractivity contribution in [3.63, 3.8) is 0 Å². The normalized spacial score (nSPS) is 44.8. The van der Waals surface area contributed by atoms with Gasteiger partial charge in [-0.25, -0.2) is 0 Å². The van der Waals surface area contributed by atoms with Crippen molar-refractivity contribution in [3.05, 3.63) is 0 Å². The molecule has 17 heavy (non-hydrogen) atoms. The van der Waals surface area contributed by atoms with Crippen LogP contribution in [0.2, 0.25) is 0 Å². The summed E-state index contributed by atoms with van der Waals surface area (Å²) in [6.07, 6.45) is 5.58. The largest absolute Gasteiger partial charge is 0.311 e. The molecule has 1 N–H and O–H groups in total. The molecule has 1 aliphatic carbocycles. The number of piperidine rings is 1. The molecule has 0 aromatic rings. The van der Waals surface area contributed by atoms with Crippen LogP contribution in [0.15, 0.2) is 0 Å². The monoisotopic (exact) mass is 238 g/mol. The average molecular weight is 238 g/mol. The first-order valence-electron chi connectivity index (χ1n) is 7.52. The molecule has 0 aromatic carbocycles. The SMILES string of the molecule is CC1CN(C)CCC1NC1CCCC(C)C1C. The molecule has 2 fully saturated rings. The number of hydrogen-bond donors (Lipinski definition) is 1. The summed E-state index contributed by atoms with van der Waals surface area (Å²) in [7, 11) is 2.25. The third-order valence-corrected chi connectivity index (χ3v) is 5.24. The first-order valence-corrected chi connectivity index (χ1v) is 7.52.